The number of ether oxygens (including phenoxy) is 1. The minimum atomic E-state index is -4.97. The van der Waals surface area contributed by atoms with Crippen LogP contribution in [0.1, 0.15) is 5.82 Å². The van der Waals surface area contributed by atoms with E-state index in [0.717, 1.165) is 4.68 Å². The van der Waals surface area contributed by atoms with Gasteiger partial charge in [0.25, 0.3) is 0 Å². The molecule has 2 heterocycles. The third-order valence-electron chi connectivity index (χ3n) is 5.42. The Hall–Kier alpha value is -3.68. The largest absolute Gasteiger partial charge is 0.468 e. The average molecular weight is 571 g/mol. The number of carbonyl (C=O) groups excluding carboxylic acids is 1. The van der Waals surface area contributed by atoms with Crippen LogP contribution in [0.5, 0.6) is 0 Å². The Morgan fingerprint density at radius 3 is 2.39 bits per heavy atom. The molecule has 0 saturated heterocycles. The van der Waals surface area contributed by atoms with E-state index in [1.165, 1.54) is 36.1 Å². The van der Waals surface area contributed by atoms with Crippen molar-refractivity contribution in [1.29, 1.82) is 0 Å². The van der Waals surface area contributed by atoms with Crippen LogP contribution >= 0.6 is 23.2 Å². The van der Waals surface area contributed by atoms with E-state index in [4.69, 9.17) is 27.9 Å². The van der Waals surface area contributed by atoms with Gasteiger partial charge < -0.3 is 9.84 Å². The van der Waals surface area contributed by atoms with Crippen LogP contribution in [-0.4, -0.2) is 59.6 Å². The Morgan fingerprint density at radius 1 is 1.08 bits per heavy atom. The van der Waals surface area contributed by atoms with Gasteiger partial charge in [0.2, 0.25) is 0 Å². The van der Waals surface area contributed by atoms with Gasteiger partial charge in [-0.25, -0.2) is 19.1 Å². The highest BCUT2D eigenvalue weighted by atomic mass is 35.5. The van der Waals surface area contributed by atoms with E-state index in [1.807, 2.05) is 0 Å². The second-order valence-electron chi connectivity index (χ2n) is 8.00. The number of carbonyl (C=O) groups is 1. The number of aliphatic hydroxyl groups excluding tert-OH is 1. The molecule has 0 fully saturated rings. The van der Waals surface area contributed by atoms with E-state index in [-0.39, 0.29) is 36.1 Å². The van der Waals surface area contributed by atoms with Crippen molar-refractivity contribution in [2.45, 2.75) is 31.9 Å². The van der Waals surface area contributed by atoms with Gasteiger partial charge >= 0.3 is 17.8 Å². The standard InChI is InChI=1S/C23H19Cl2F3N6O4/c1-38-19(36)12-33-18(29-20(30-33)15-4-2-3-5-16(15)25)11-34-22(37)32(10-17(35)23(26,27)28)21(31-34)13-6-8-14(24)9-7-13/h2-9,17,35H,10-12H2,1H3/t17-/m0/s1. The molecule has 0 saturated carbocycles. The van der Waals surface area contributed by atoms with E-state index in [0.29, 0.717) is 20.2 Å². The third kappa shape index (κ3) is 5.90. The fourth-order valence-corrected chi connectivity index (χ4v) is 3.84. The summed E-state index contributed by atoms with van der Waals surface area (Å²) < 4.78 is 46.8. The van der Waals surface area contributed by atoms with Gasteiger partial charge in [-0.2, -0.15) is 18.3 Å². The summed E-state index contributed by atoms with van der Waals surface area (Å²) in [6.07, 6.45) is -7.79. The van der Waals surface area contributed by atoms with Crippen LogP contribution in [0.15, 0.2) is 53.3 Å². The lowest BCUT2D eigenvalue weighted by Gasteiger charge is -2.15. The van der Waals surface area contributed by atoms with Crippen molar-refractivity contribution >= 4 is 29.2 Å². The first-order valence-electron chi connectivity index (χ1n) is 10.9. The first-order chi connectivity index (χ1) is 18.0. The van der Waals surface area contributed by atoms with Crippen LogP contribution in [0, 0.1) is 0 Å². The van der Waals surface area contributed by atoms with Crippen molar-refractivity contribution in [3.8, 4) is 22.8 Å². The zero-order chi connectivity index (χ0) is 27.6. The van der Waals surface area contributed by atoms with Crippen molar-refractivity contribution in [1.82, 2.24) is 29.1 Å². The molecule has 0 radical (unpaired) electrons. The lowest BCUT2D eigenvalue weighted by molar-refractivity contribution is -0.207. The summed E-state index contributed by atoms with van der Waals surface area (Å²) in [5.41, 5.74) is -0.218. The van der Waals surface area contributed by atoms with Crippen molar-refractivity contribution in [3.63, 3.8) is 0 Å². The molecule has 200 valence electrons. The zero-order valence-electron chi connectivity index (χ0n) is 19.6. The van der Waals surface area contributed by atoms with Crippen LogP contribution in [0.25, 0.3) is 22.8 Å². The maximum atomic E-state index is 13.2. The number of benzene rings is 2. The number of esters is 1. The minimum absolute atomic E-state index is 0.0797. The van der Waals surface area contributed by atoms with Crippen LogP contribution in [0.4, 0.5) is 13.2 Å². The Kier molecular flexibility index (Phi) is 7.90. The van der Waals surface area contributed by atoms with Crippen LogP contribution in [0.3, 0.4) is 0 Å². The number of rotatable bonds is 8. The summed E-state index contributed by atoms with van der Waals surface area (Å²) in [6, 6.07) is 12.6. The fourth-order valence-electron chi connectivity index (χ4n) is 3.49. The van der Waals surface area contributed by atoms with E-state index in [9.17, 15) is 27.9 Å². The van der Waals surface area contributed by atoms with Gasteiger partial charge in [-0.15, -0.1) is 5.10 Å². The minimum Gasteiger partial charge on any atom is -0.468 e. The van der Waals surface area contributed by atoms with Crippen molar-refractivity contribution in [2.24, 2.45) is 0 Å². The van der Waals surface area contributed by atoms with Gasteiger partial charge in [-0.05, 0) is 36.4 Å². The molecule has 0 unspecified atom stereocenters. The summed E-state index contributed by atoms with van der Waals surface area (Å²) in [6.45, 7) is -1.83. The molecule has 0 spiro atoms. The molecule has 0 aliphatic carbocycles. The zero-order valence-corrected chi connectivity index (χ0v) is 21.1. The highest BCUT2D eigenvalue weighted by Gasteiger charge is 2.39. The molecule has 38 heavy (non-hydrogen) atoms. The molecule has 0 aliphatic rings. The predicted octanol–water partition coefficient (Wildman–Crippen LogP) is 3.42. The van der Waals surface area contributed by atoms with Crippen molar-refractivity contribution in [2.75, 3.05) is 7.11 Å². The molecule has 4 aromatic rings. The van der Waals surface area contributed by atoms with Crippen molar-refractivity contribution in [3.05, 3.63) is 74.9 Å². The van der Waals surface area contributed by atoms with E-state index in [1.54, 1.807) is 24.3 Å². The number of aliphatic hydroxyl groups is 1. The number of alkyl halides is 3. The van der Waals surface area contributed by atoms with Gasteiger partial charge in [0.15, 0.2) is 17.8 Å². The summed E-state index contributed by atoms with van der Waals surface area (Å²) in [5, 5.41) is 18.9. The molecule has 2 aromatic carbocycles. The van der Waals surface area contributed by atoms with Gasteiger partial charge in [0.05, 0.1) is 18.7 Å². The molecule has 15 heteroatoms. The number of hydrogen-bond donors (Lipinski definition) is 1. The van der Waals surface area contributed by atoms with Gasteiger partial charge in [0.1, 0.15) is 18.9 Å². The Morgan fingerprint density at radius 2 is 1.76 bits per heavy atom. The first-order valence-corrected chi connectivity index (χ1v) is 11.7. The summed E-state index contributed by atoms with van der Waals surface area (Å²) in [4.78, 5) is 29.6. The normalized spacial score (nSPS) is 12.5. The molecule has 0 bridgehead atoms. The highest BCUT2D eigenvalue weighted by Crippen LogP contribution is 2.26. The summed E-state index contributed by atoms with van der Waals surface area (Å²) in [5.74, 6) is -0.571. The second-order valence-corrected chi connectivity index (χ2v) is 8.85. The summed E-state index contributed by atoms with van der Waals surface area (Å²) in [7, 11) is 1.18. The quantitative estimate of drug-likeness (QED) is 0.322. The Bertz CT molecular complexity index is 1510. The summed E-state index contributed by atoms with van der Waals surface area (Å²) >= 11 is 12.2. The predicted molar refractivity (Wildman–Crippen MR) is 131 cm³/mol. The van der Waals surface area contributed by atoms with Crippen LogP contribution < -0.4 is 5.69 Å². The smallest absolute Gasteiger partial charge is 0.416 e. The monoisotopic (exact) mass is 570 g/mol. The maximum Gasteiger partial charge on any atom is 0.416 e. The highest BCUT2D eigenvalue weighted by molar-refractivity contribution is 6.33. The van der Waals surface area contributed by atoms with Crippen molar-refractivity contribution < 1.29 is 27.8 Å². The second kappa shape index (κ2) is 11.0. The number of hydrogen-bond acceptors (Lipinski definition) is 7. The molecule has 2 aromatic heterocycles. The molecule has 1 atom stereocenters. The number of aromatic nitrogens is 6. The van der Waals surface area contributed by atoms with E-state index in [2.05, 4.69) is 15.2 Å². The number of halogens is 5. The average Bonchev–Trinajstić information content (AvgIpc) is 3.40. The molecule has 10 nitrogen and oxygen atoms in total. The molecule has 0 amide bonds. The third-order valence-corrected chi connectivity index (χ3v) is 6.00. The number of methoxy groups -OCH3 is 1. The maximum absolute atomic E-state index is 13.2. The molecule has 1 N–H and O–H groups in total. The topological polar surface area (TPSA) is 117 Å². The lowest BCUT2D eigenvalue weighted by atomic mass is 10.2. The van der Waals surface area contributed by atoms with Crippen LogP contribution in [0.2, 0.25) is 10.0 Å². The lowest BCUT2D eigenvalue weighted by Crippen LogP contribution is -2.37. The van der Waals surface area contributed by atoms with Gasteiger partial charge in [-0.3, -0.25) is 9.36 Å². The molecular formula is C23H19Cl2F3N6O4. The number of nitrogens with zero attached hydrogens (tertiary/aromatic N) is 6. The first kappa shape index (κ1) is 27.4. The van der Waals surface area contributed by atoms with Crippen LogP contribution in [-0.2, 0) is 29.2 Å². The van der Waals surface area contributed by atoms with E-state index < -0.39 is 30.5 Å². The molecule has 4 rings (SSSR count). The Labute approximate surface area is 222 Å². The van der Waals surface area contributed by atoms with E-state index >= 15 is 0 Å². The Balaban J connectivity index is 1.80. The van der Waals surface area contributed by atoms with Gasteiger partial charge in [0, 0.05) is 16.1 Å². The fraction of sp³-hybridized carbons (Fsp3) is 0.261. The molecular weight excluding hydrogens is 552 g/mol. The SMILES string of the molecule is COC(=O)Cn1nc(-c2ccccc2Cl)nc1Cn1nc(-c2ccc(Cl)cc2)n(C[C@H](O)C(F)(F)F)c1=O. The molecule has 0 aliphatic heterocycles. The van der Waals surface area contributed by atoms with Gasteiger partial charge in [-0.1, -0.05) is 35.3 Å².